The number of hydrogen-bond acceptors (Lipinski definition) is 1. The van der Waals surface area contributed by atoms with E-state index in [-0.39, 0.29) is 0 Å². The van der Waals surface area contributed by atoms with Gasteiger partial charge in [0.1, 0.15) is 0 Å². The van der Waals surface area contributed by atoms with Crippen molar-refractivity contribution in [3.8, 4) is 0 Å². The first kappa shape index (κ1) is 9.55. The van der Waals surface area contributed by atoms with E-state index in [1.165, 1.54) is 38.1 Å². The molecule has 66 valence electrons. The van der Waals surface area contributed by atoms with Crippen LogP contribution in [0, 0.1) is 5.92 Å². The Morgan fingerprint density at radius 3 is 2.55 bits per heavy atom. The molecule has 0 aromatic heterocycles. The summed E-state index contributed by atoms with van der Waals surface area (Å²) in [6.07, 6.45) is 7.02. The lowest BCUT2D eigenvalue weighted by atomic mass is 9.91. The van der Waals surface area contributed by atoms with Crippen molar-refractivity contribution in [2.45, 2.75) is 38.1 Å². The van der Waals surface area contributed by atoms with Crippen LogP contribution in [0.3, 0.4) is 0 Å². The summed E-state index contributed by atoms with van der Waals surface area (Å²) in [5.74, 6) is 0.887. The Labute approximate surface area is 75.5 Å². The molecule has 0 N–H and O–H groups in total. The van der Waals surface area contributed by atoms with Gasteiger partial charge in [0.25, 0.3) is 8.35 Å². The first-order chi connectivity index (χ1) is 5.33. The highest BCUT2D eigenvalue weighted by molar-refractivity contribution is 7.03. The molecule has 0 radical (unpaired) electrons. The largest absolute Gasteiger partial charge is 0.409 e. The van der Waals surface area contributed by atoms with Gasteiger partial charge in [-0.25, -0.2) is 0 Å². The van der Waals surface area contributed by atoms with Gasteiger partial charge in [-0.2, -0.15) is 0 Å². The van der Waals surface area contributed by atoms with Crippen LogP contribution in [-0.4, -0.2) is 15.5 Å². The van der Waals surface area contributed by atoms with E-state index in [0.29, 0.717) is 0 Å². The summed E-state index contributed by atoms with van der Waals surface area (Å²) in [6, 6.07) is 1.18. The maximum atomic E-state index is 6.02. The topological polar surface area (TPSA) is 9.23 Å². The SMILES string of the molecule is CO[SiH](Cl)CC1CCCCC1. The van der Waals surface area contributed by atoms with Gasteiger partial charge in [-0.05, 0) is 12.0 Å². The number of halogens is 1. The number of hydrogen-bond donors (Lipinski definition) is 0. The van der Waals surface area contributed by atoms with E-state index in [9.17, 15) is 0 Å². The van der Waals surface area contributed by atoms with Crippen molar-refractivity contribution in [2.24, 2.45) is 5.92 Å². The monoisotopic (exact) mass is 192 g/mol. The second-order valence-corrected chi connectivity index (χ2v) is 6.61. The van der Waals surface area contributed by atoms with Crippen molar-refractivity contribution in [1.29, 1.82) is 0 Å². The predicted molar refractivity (Wildman–Crippen MR) is 51.4 cm³/mol. The van der Waals surface area contributed by atoms with Gasteiger partial charge in [0, 0.05) is 7.11 Å². The lowest BCUT2D eigenvalue weighted by molar-refractivity contribution is 0.362. The molecule has 1 saturated carbocycles. The van der Waals surface area contributed by atoms with Crippen molar-refractivity contribution < 1.29 is 4.43 Å². The first-order valence-electron chi connectivity index (χ1n) is 4.50. The van der Waals surface area contributed by atoms with Gasteiger partial charge < -0.3 is 4.43 Å². The van der Waals surface area contributed by atoms with E-state index in [2.05, 4.69) is 0 Å². The minimum Gasteiger partial charge on any atom is -0.409 e. The number of rotatable bonds is 3. The molecule has 11 heavy (non-hydrogen) atoms. The lowest BCUT2D eigenvalue weighted by Crippen LogP contribution is -2.15. The highest BCUT2D eigenvalue weighted by Crippen LogP contribution is 2.28. The molecule has 0 aliphatic heterocycles. The molecule has 1 aliphatic rings. The van der Waals surface area contributed by atoms with Gasteiger partial charge in [-0.1, -0.05) is 32.1 Å². The molecule has 3 heteroatoms. The Morgan fingerprint density at radius 2 is 2.00 bits per heavy atom. The summed E-state index contributed by atoms with van der Waals surface area (Å²) in [5.41, 5.74) is 0. The molecule has 0 saturated heterocycles. The van der Waals surface area contributed by atoms with Crippen LogP contribution in [0.15, 0.2) is 0 Å². The van der Waals surface area contributed by atoms with E-state index in [0.717, 1.165) is 5.92 Å². The van der Waals surface area contributed by atoms with Crippen LogP contribution in [0.2, 0.25) is 6.04 Å². The molecule has 1 atom stereocenters. The standard InChI is InChI=1S/C8H17ClOSi/c1-10-11(9)7-8-5-3-2-4-6-8/h8,11H,2-7H2,1H3. The van der Waals surface area contributed by atoms with Crippen molar-refractivity contribution in [3.05, 3.63) is 0 Å². The van der Waals surface area contributed by atoms with Gasteiger partial charge in [-0.15, -0.1) is 11.1 Å². The van der Waals surface area contributed by atoms with Gasteiger partial charge in [-0.3, -0.25) is 0 Å². The molecule has 0 aromatic rings. The summed E-state index contributed by atoms with van der Waals surface area (Å²) in [7, 11) is 0.460. The molecule has 1 rings (SSSR count). The molecule has 0 spiro atoms. The summed E-state index contributed by atoms with van der Waals surface area (Å²) in [4.78, 5) is 0. The first-order valence-corrected chi connectivity index (χ1v) is 7.53. The van der Waals surface area contributed by atoms with Crippen molar-refractivity contribution >= 4 is 19.4 Å². The third-order valence-corrected chi connectivity index (χ3v) is 5.12. The van der Waals surface area contributed by atoms with Crippen molar-refractivity contribution in [1.82, 2.24) is 0 Å². The highest BCUT2D eigenvalue weighted by Gasteiger charge is 2.18. The normalized spacial score (nSPS) is 23.5. The Hall–Kier alpha value is 0.467. The van der Waals surface area contributed by atoms with Crippen molar-refractivity contribution in [2.75, 3.05) is 7.11 Å². The second-order valence-electron chi connectivity index (χ2n) is 3.39. The fraction of sp³-hybridized carbons (Fsp3) is 1.00. The van der Waals surface area contributed by atoms with Crippen LogP contribution in [0.5, 0.6) is 0 Å². The Morgan fingerprint density at radius 1 is 1.36 bits per heavy atom. The zero-order valence-electron chi connectivity index (χ0n) is 7.18. The summed E-state index contributed by atoms with van der Waals surface area (Å²) >= 11 is 6.02. The minimum absolute atomic E-state index is 0.887. The maximum Gasteiger partial charge on any atom is 0.273 e. The van der Waals surface area contributed by atoms with Crippen molar-refractivity contribution in [3.63, 3.8) is 0 Å². The van der Waals surface area contributed by atoms with E-state index in [4.69, 9.17) is 15.5 Å². The van der Waals surface area contributed by atoms with E-state index in [1.807, 2.05) is 0 Å². The lowest BCUT2D eigenvalue weighted by Gasteiger charge is -2.22. The van der Waals surface area contributed by atoms with E-state index < -0.39 is 8.35 Å². The van der Waals surface area contributed by atoms with Crippen LogP contribution >= 0.6 is 11.1 Å². The fourth-order valence-corrected chi connectivity index (χ4v) is 3.73. The van der Waals surface area contributed by atoms with Gasteiger partial charge in [0.2, 0.25) is 0 Å². The molecule has 1 aliphatic carbocycles. The molecule has 0 bridgehead atoms. The van der Waals surface area contributed by atoms with Crippen LogP contribution in [0.25, 0.3) is 0 Å². The predicted octanol–water partition coefficient (Wildman–Crippen LogP) is 2.67. The molecule has 1 unspecified atom stereocenters. The van der Waals surface area contributed by atoms with Gasteiger partial charge >= 0.3 is 0 Å². The third kappa shape index (κ3) is 3.59. The van der Waals surface area contributed by atoms with Gasteiger partial charge in [0.05, 0.1) is 0 Å². The summed E-state index contributed by atoms with van der Waals surface area (Å²) in [6.45, 7) is 0. The molecule has 0 amide bonds. The smallest absolute Gasteiger partial charge is 0.273 e. The highest BCUT2D eigenvalue weighted by atomic mass is 35.6. The minimum atomic E-state index is -1.28. The Balaban J connectivity index is 2.13. The van der Waals surface area contributed by atoms with Gasteiger partial charge in [0.15, 0.2) is 0 Å². The maximum absolute atomic E-state index is 6.02. The Kier molecular flexibility index (Phi) is 4.49. The zero-order chi connectivity index (χ0) is 8.10. The second kappa shape index (κ2) is 5.17. The fourth-order valence-electron chi connectivity index (χ4n) is 1.78. The summed E-state index contributed by atoms with van der Waals surface area (Å²) in [5, 5.41) is 0. The molecule has 0 heterocycles. The zero-order valence-corrected chi connectivity index (χ0v) is 9.09. The quantitative estimate of drug-likeness (QED) is 0.494. The molecule has 1 nitrogen and oxygen atoms in total. The molecule has 1 fully saturated rings. The third-order valence-electron chi connectivity index (χ3n) is 2.50. The Bertz CT molecular complexity index is 104. The van der Waals surface area contributed by atoms with E-state index in [1.54, 1.807) is 7.11 Å². The van der Waals surface area contributed by atoms with Crippen LogP contribution in [0.1, 0.15) is 32.1 Å². The van der Waals surface area contributed by atoms with Crippen LogP contribution in [-0.2, 0) is 4.43 Å². The van der Waals surface area contributed by atoms with Crippen LogP contribution < -0.4 is 0 Å². The van der Waals surface area contributed by atoms with E-state index >= 15 is 0 Å². The molecule has 0 aromatic carbocycles. The van der Waals surface area contributed by atoms with Crippen LogP contribution in [0.4, 0.5) is 0 Å². The average molecular weight is 193 g/mol. The molecular formula is C8H17ClOSi. The molecular weight excluding hydrogens is 176 g/mol. The summed E-state index contributed by atoms with van der Waals surface area (Å²) < 4.78 is 5.16. The average Bonchev–Trinajstić information content (AvgIpc) is 2.06.